The minimum Gasteiger partial charge on any atom is -0.381 e. The van der Waals surface area contributed by atoms with Crippen LogP contribution in [0.1, 0.15) is 51.9 Å². The molecule has 0 aliphatic heterocycles. The molecule has 0 unspecified atom stereocenters. The van der Waals surface area contributed by atoms with E-state index in [0.29, 0.717) is 6.42 Å². The zero-order valence-corrected chi connectivity index (χ0v) is 11.1. The van der Waals surface area contributed by atoms with Gasteiger partial charge in [-0.05, 0) is 19.3 Å². The van der Waals surface area contributed by atoms with Crippen molar-refractivity contribution in [3.8, 4) is 0 Å². The summed E-state index contributed by atoms with van der Waals surface area (Å²) < 4.78 is 26.7. The molecule has 0 rings (SSSR count). The van der Waals surface area contributed by atoms with Gasteiger partial charge in [0.2, 0.25) is 10.0 Å². The van der Waals surface area contributed by atoms with E-state index in [9.17, 15) is 8.42 Å². The zero-order valence-electron chi connectivity index (χ0n) is 10.3. The molecule has 0 saturated carbocycles. The minimum atomic E-state index is -3.26. The van der Waals surface area contributed by atoms with Crippen molar-refractivity contribution in [1.29, 1.82) is 0 Å². The van der Waals surface area contributed by atoms with Crippen LogP contribution in [0.4, 0.5) is 0 Å². The summed E-state index contributed by atoms with van der Waals surface area (Å²) in [7, 11) is -3.26. The van der Waals surface area contributed by atoms with E-state index in [1.54, 1.807) is 0 Å². The van der Waals surface area contributed by atoms with Crippen LogP contribution in [0.25, 0.3) is 0 Å². The molecule has 0 aromatic heterocycles. The Labute approximate surface area is 99.6 Å². The summed E-state index contributed by atoms with van der Waals surface area (Å²) in [4.78, 5) is 0. The first-order chi connectivity index (χ1) is 7.56. The maximum atomic E-state index is 10.6. The molecular weight excluding hydrogens is 226 g/mol. The van der Waals surface area contributed by atoms with E-state index in [1.807, 2.05) is 0 Å². The molecule has 0 fully saturated rings. The van der Waals surface area contributed by atoms with Crippen molar-refractivity contribution >= 4 is 10.0 Å². The third-order valence-corrected chi connectivity index (χ3v) is 3.22. The van der Waals surface area contributed by atoms with Gasteiger partial charge in [-0.15, -0.1) is 0 Å². The van der Waals surface area contributed by atoms with E-state index in [2.05, 4.69) is 6.92 Å². The highest BCUT2D eigenvalue weighted by atomic mass is 32.2. The van der Waals surface area contributed by atoms with Gasteiger partial charge in [0.05, 0.1) is 5.75 Å². The van der Waals surface area contributed by atoms with Crippen molar-refractivity contribution in [2.45, 2.75) is 51.9 Å². The molecule has 0 saturated heterocycles. The average Bonchev–Trinajstić information content (AvgIpc) is 2.19. The van der Waals surface area contributed by atoms with Crippen molar-refractivity contribution in [1.82, 2.24) is 0 Å². The number of primary sulfonamides is 1. The SMILES string of the molecule is CCCCCOCCCCCCS(N)(=O)=O. The fourth-order valence-corrected chi connectivity index (χ4v) is 2.02. The van der Waals surface area contributed by atoms with Gasteiger partial charge < -0.3 is 4.74 Å². The molecule has 0 spiro atoms. The highest BCUT2D eigenvalue weighted by Gasteiger charge is 2.01. The standard InChI is InChI=1S/C11H25NO3S/c1-2-3-6-9-15-10-7-4-5-8-11-16(12,13)14/h2-11H2,1H3,(H2,12,13,14). The summed E-state index contributed by atoms with van der Waals surface area (Å²) in [6.45, 7) is 3.82. The molecule has 0 amide bonds. The zero-order chi connectivity index (χ0) is 12.3. The maximum Gasteiger partial charge on any atom is 0.209 e. The quantitative estimate of drug-likeness (QED) is 0.571. The van der Waals surface area contributed by atoms with Crippen LogP contribution in [-0.4, -0.2) is 27.4 Å². The van der Waals surface area contributed by atoms with Gasteiger partial charge in [0.15, 0.2) is 0 Å². The normalized spacial score (nSPS) is 11.9. The molecule has 0 aromatic carbocycles. The number of ether oxygens (including phenoxy) is 1. The largest absolute Gasteiger partial charge is 0.381 e. The lowest BCUT2D eigenvalue weighted by atomic mass is 10.2. The Hall–Kier alpha value is -0.130. The van der Waals surface area contributed by atoms with Crippen LogP contribution < -0.4 is 5.14 Å². The lowest BCUT2D eigenvalue weighted by molar-refractivity contribution is 0.126. The van der Waals surface area contributed by atoms with Crippen molar-refractivity contribution in [3.05, 3.63) is 0 Å². The smallest absolute Gasteiger partial charge is 0.209 e. The Morgan fingerprint density at radius 2 is 1.50 bits per heavy atom. The van der Waals surface area contributed by atoms with Crippen LogP contribution in [0, 0.1) is 0 Å². The summed E-state index contributed by atoms with van der Waals surface area (Å²) in [6, 6.07) is 0. The van der Waals surface area contributed by atoms with Gasteiger partial charge in [-0.1, -0.05) is 32.6 Å². The fourth-order valence-electron chi connectivity index (χ4n) is 1.42. The molecule has 0 heterocycles. The van der Waals surface area contributed by atoms with E-state index in [1.165, 1.54) is 12.8 Å². The van der Waals surface area contributed by atoms with Gasteiger partial charge >= 0.3 is 0 Å². The van der Waals surface area contributed by atoms with Crippen LogP contribution in [-0.2, 0) is 14.8 Å². The number of nitrogens with two attached hydrogens (primary N) is 1. The lowest BCUT2D eigenvalue weighted by Crippen LogP contribution is -2.16. The summed E-state index contributed by atoms with van der Waals surface area (Å²) in [5, 5.41) is 4.89. The summed E-state index contributed by atoms with van der Waals surface area (Å²) in [5.41, 5.74) is 0. The molecule has 0 radical (unpaired) electrons. The van der Waals surface area contributed by atoms with E-state index < -0.39 is 10.0 Å². The molecule has 0 atom stereocenters. The van der Waals surface area contributed by atoms with E-state index in [-0.39, 0.29) is 5.75 Å². The molecule has 0 aliphatic rings. The van der Waals surface area contributed by atoms with Crippen LogP contribution in [0.5, 0.6) is 0 Å². The first-order valence-corrected chi connectivity index (χ1v) is 7.86. The summed E-state index contributed by atoms with van der Waals surface area (Å²) in [5.74, 6) is 0.102. The predicted octanol–water partition coefficient (Wildman–Crippen LogP) is 2.04. The second-order valence-electron chi connectivity index (χ2n) is 4.10. The Morgan fingerprint density at radius 1 is 0.938 bits per heavy atom. The van der Waals surface area contributed by atoms with Crippen molar-refractivity contribution in [3.63, 3.8) is 0 Å². The monoisotopic (exact) mass is 251 g/mol. The number of unbranched alkanes of at least 4 members (excludes halogenated alkanes) is 5. The van der Waals surface area contributed by atoms with Crippen LogP contribution in [0.2, 0.25) is 0 Å². The molecule has 16 heavy (non-hydrogen) atoms. The molecule has 2 N–H and O–H groups in total. The Kier molecular flexibility index (Phi) is 9.97. The van der Waals surface area contributed by atoms with Gasteiger partial charge in [0.25, 0.3) is 0 Å². The summed E-state index contributed by atoms with van der Waals surface area (Å²) >= 11 is 0. The Bertz CT molecular complexity index is 240. The Balaban J connectivity index is 3.05. The van der Waals surface area contributed by atoms with E-state index in [0.717, 1.165) is 38.9 Å². The molecule has 98 valence electrons. The lowest BCUT2D eigenvalue weighted by Gasteiger charge is -2.03. The van der Waals surface area contributed by atoms with Gasteiger partial charge in [-0.25, -0.2) is 13.6 Å². The molecule has 0 aromatic rings. The number of rotatable bonds is 11. The van der Waals surface area contributed by atoms with Crippen LogP contribution in [0.15, 0.2) is 0 Å². The van der Waals surface area contributed by atoms with E-state index in [4.69, 9.17) is 9.88 Å². The topological polar surface area (TPSA) is 69.4 Å². The second-order valence-corrected chi connectivity index (χ2v) is 5.83. The van der Waals surface area contributed by atoms with Crippen LogP contribution in [0.3, 0.4) is 0 Å². The molecule has 4 nitrogen and oxygen atoms in total. The highest BCUT2D eigenvalue weighted by molar-refractivity contribution is 7.89. The fraction of sp³-hybridized carbons (Fsp3) is 1.00. The van der Waals surface area contributed by atoms with Crippen molar-refractivity contribution in [2.24, 2.45) is 5.14 Å². The first-order valence-electron chi connectivity index (χ1n) is 6.14. The van der Waals surface area contributed by atoms with Crippen molar-refractivity contribution < 1.29 is 13.2 Å². The van der Waals surface area contributed by atoms with Crippen molar-refractivity contribution in [2.75, 3.05) is 19.0 Å². The average molecular weight is 251 g/mol. The third kappa shape index (κ3) is 13.9. The summed E-state index contributed by atoms with van der Waals surface area (Å²) in [6.07, 6.45) is 7.19. The molecule has 0 aliphatic carbocycles. The Morgan fingerprint density at radius 3 is 2.06 bits per heavy atom. The first kappa shape index (κ1) is 15.9. The molecule has 0 bridgehead atoms. The van der Waals surface area contributed by atoms with Crippen LogP contribution >= 0.6 is 0 Å². The van der Waals surface area contributed by atoms with Gasteiger partial charge in [-0.3, -0.25) is 0 Å². The third-order valence-electron chi connectivity index (χ3n) is 2.36. The van der Waals surface area contributed by atoms with Gasteiger partial charge in [0.1, 0.15) is 0 Å². The minimum absolute atomic E-state index is 0.102. The highest BCUT2D eigenvalue weighted by Crippen LogP contribution is 2.02. The van der Waals surface area contributed by atoms with Gasteiger partial charge in [0, 0.05) is 13.2 Å². The number of sulfonamides is 1. The maximum absolute atomic E-state index is 10.6. The predicted molar refractivity (Wildman–Crippen MR) is 66.8 cm³/mol. The van der Waals surface area contributed by atoms with Gasteiger partial charge in [-0.2, -0.15) is 0 Å². The molecular formula is C11H25NO3S. The number of hydrogen-bond acceptors (Lipinski definition) is 3. The van der Waals surface area contributed by atoms with E-state index >= 15 is 0 Å². The number of hydrogen-bond donors (Lipinski definition) is 1. The molecule has 5 heteroatoms. The second kappa shape index (κ2) is 10.1.